The smallest absolute Gasteiger partial charge is 0.228 e. The quantitative estimate of drug-likeness (QED) is 0.193. The summed E-state index contributed by atoms with van der Waals surface area (Å²) in [6.07, 6.45) is 8.35. The number of nitrogens with zero attached hydrogens (tertiary/aromatic N) is 7. The summed E-state index contributed by atoms with van der Waals surface area (Å²) in [4.78, 5) is 16.8. The average molecular weight is 654 g/mol. The molecular weight excluding hydrogens is 608 g/mol. The predicted molar refractivity (Wildman–Crippen MR) is 193 cm³/mol. The Hall–Kier alpha value is -3.86. The first-order valence-electron chi connectivity index (χ1n) is 16.4. The Morgan fingerprint density at radius 2 is 1.79 bits per heavy atom. The van der Waals surface area contributed by atoms with Crippen molar-refractivity contribution < 1.29 is 9.30 Å². The molecule has 0 spiro atoms. The number of likely N-dealkylation sites (N-methyl/N-ethyl adjacent to an activating group) is 1. The molecule has 0 aliphatic carbocycles. The molecule has 247 valence electrons. The second-order valence-corrected chi connectivity index (χ2v) is 16.0. The monoisotopic (exact) mass is 653 g/mol. The summed E-state index contributed by atoms with van der Waals surface area (Å²) in [6, 6.07) is 12.5. The van der Waals surface area contributed by atoms with E-state index in [-0.39, 0.29) is 0 Å². The molecule has 2 aromatic heterocycles. The fraction of sp³-hybridized carbons (Fsp3) is 0.441. The molecular formula is C34H45BN9O2P-. The number of benzene rings is 2. The highest BCUT2D eigenvalue weighted by molar-refractivity contribution is 7.70. The maximum atomic E-state index is 13.3. The molecule has 47 heavy (non-hydrogen) atoms. The highest BCUT2D eigenvalue weighted by Gasteiger charge is 2.28. The number of nitrogens with one attached hydrogen (secondary N) is 2. The number of anilines is 5. The van der Waals surface area contributed by atoms with Gasteiger partial charge in [0, 0.05) is 74.8 Å². The van der Waals surface area contributed by atoms with Gasteiger partial charge in [-0.2, -0.15) is 10.1 Å². The molecule has 4 heterocycles. The van der Waals surface area contributed by atoms with E-state index in [0.717, 1.165) is 62.8 Å². The van der Waals surface area contributed by atoms with Crippen LogP contribution in [0.2, 0.25) is 0 Å². The first-order valence-corrected chi connectivity index (χ1v) is 19.0. The third-order valence-electron chi connectivity index (χ3n) is 9.29. The van der Waals surface area contributed by atoms with Crippen LogP contribution < -0.4 is 31.0 Å². The van der Waals surface area contributed by atoms with E-state index in [9.17, 15) is 4.57 Å². The second kappa shape index (κ2) is 14.1. The normalized spacial score (nSPS) is 16.8. The highest BCUT2D eigenvalue weighted by Crippen LogP contribution is 2.40. The Balaban J connectivity index is 1.21. The zero-order valence-electron chi connectivity index (χ0n) is 28.1. The van der Waals surface area contributed by atoms with Crippen molar-refractivity contribution in [2.45, 2.75) is 32.2 Å². The maximum absolute atomic E-state index is 13.3. The molecule has 0 unspecified atom stereocenters. The molecule has 0 amide bonds. The number of hydrogen-bond donors (Lipinski definition) is 2. The van der Waals surface area contributed by atoms with Gasteiger partial charge in [-0.15, -0.1) is 0 Å². The average Bonchev–Trinajstić information content (AvgIpc) is 3.61. The van der Waals surface area contributed by atoms with Crippen LogP contribution in [-0.2, 0) is 11.0 Å². The van der Waals surface area contributed by atoms with Crippen molar-refractivity contribution in [3.8, 4) is 11.4 Å². The number of aromatic nitrogens is 4. The van der Waals surface area contributed by atoms with Gasteiger partial charge in [-0.1, -0.05) is 6.92 Å². The summed E-state index contributed by atoms with van der Waals surface area (Å²) in [7, 11) is 7.55. The van der Waals surface area contributed by atoms with Crippen LogP contribution in [-0.4, -0.2) is 110 Å². The predicted octanol–water partition coefficient (Wildman–Crippen LogP) is 3.98. The Morgan fingerprint density at radius 3 is 2.45 bits per heavy atom. The van der Waals surface area contributed by atoms with Gasteiger partial charge in [0.15, 0.2) is 0 Å². The van der Waals surface area contributed by atoms with Crippen LogP contribution in [0.3, 0.4) is 0 Å². The Bertz CT molecular complexity index is 1730. The SMILES string of the molecule is [B-]c1cnc(Nc2cc(CC)c(N3CCC(N4CCN(C)CC4)CC3)cc2OC)nc1Nc1ccc(-n2cccn2)cc1P(C)(C)=O. The van der Waals surface area contributed by atoms with Gasteiger partial charge in [-0.05, 0) is 81.7 Å². The van der Waals surface area contributed by atoms with Crippen molar-refractivity contribution in [1.29, 1.82) is 0 Å². The molecule has 2 aliphatic heterocycles. The number of methoxy groups -OCH3 is 1. The fourth-order valence-corrected chi connectivity index (χ4v) is 7.71. The zero-order chi connectivity index (χ0) is 33.1. The molecule has 2 fully saturated rings. The topological polar surface area (TPSA) is 104 Å². The van der Waals surface area contributed by atoms with Crippen molar-refractivity contribution in [2.24, 2.45) is 0 Å². The molecule has 4 aromatic rings. The third kappa shape index (κ3) is 7.50. The molecule has 0 bridgehead atoms. The van der Waals surface area contributed by atoms with Crippen LogP contribution >= 0.6 is 7.14 Å². The number of ether oxygens (including phenoxy) is 1. The van der Waals surface area contributed by atoms with E-state index in [0.29, 0.717) is 34.3 Å². The zero-order valence-corrected chi connectivity index (χ0v) is 29.0. The van der Waals surface area contributed by atoms with Crippen molar-refractivity contribution in [3.05, 3.63) is 60.6 Å². The van der Waals surface area contributed by atoms with Crippen molar-refractivity contribution in [3.63, 3.8) is 0 Å². The third-order valence-corrected chi connectivity index (χ3v) is 10.8. The maximum Gasteiger partial charge on any atom is 0.228 e. The first kappa shape index (κ1) is 33.1. The van der Waals surface area contributed by atoms with E-state index >= 15 is 0 Å². The fourth-order valence-electron chi connectivity index (χ4n) is 6.55. The molecule has 2 aliphatic rings. The summed E-state index contributed by atoms with van der Waals surface area (Å²) >= 11 is 0. The minimum Gasteiger partial charge on any atom is -0.573 e. The number of hydrogen-bond acceptors (Lipinski definition) is 10. The summed E-state index contributed by atoms with van der Waals surface area (Å²) in [6.45, 7) is 12.4. The molecule has 3 radical (unpaired) electrons. The number of rotatable bonds is 10. The van der Waals surface area contributed by atoms with E-state index in [4.69, 9.17) is 17.6 Å². The van der Waals surface area contributed by atoms with Crippen LogP contribution in [0.1, 0.15) is 25.3 Å². The largest absolute Gasteiger partial charge is 0.573 e. The van der Waals surface area contributed by atoms with Gasteiger partial charge in [-0.25, -0.2) is 9.67 Å². The molecule has 2 saturated heterocycles. The lowest BCUT2D eigenvalue weighted by Gasteiger charge is -2.43. The van der Waals surface area contributed by atoms with Crippen molar-refractivity contribution >= 4 is 54.6 Å². The second-order valence-electron chi connectivity index (χ2n) is 12.8. The first-order chi connectivity index (χ1) is 22.6. The van der Waals surface area contributed by atoms with Gasteiger partial charge < -0.3 is 37.6 Å². The summed E-state index contributed by atoms with van der Waals surface area (Å²) in [5.74, 6) is 1.51. The van der Waals surface area contributed by atoms with Gasteiger partial charge in [0.1, 0.15) is 12.9 Å². The molecule has 6 rings (SSSR count). The van der Waals surface area contributed by atoms with E-state index in [1.807, 2.05) is 30.5 Å². The lowest BCUT2D eigenvalue weighted by molar-refractivity contribution is 0.0982. The molecule has 11 nitrogen and oxygen atoms in total. The standard InChI is InChI=1S/C34H45BN9O2P/c1-6-24-20-29(31(46-3)22-30(24)43-14-10-25(11-15-43)42-18-16-41(2)17-19-42)39-34-36-23-27(35)33(40-34)38-28-9-8-26(44-13-7-12-37-44)21-32(28)47(4,5)45/h7-9,12-13,20-23,25H,6,10-11,14-19H2,1-5H3,(H2,36,38,39,40)/q-1. The Kier molecular flexibility index (Phi) is 9.92. The van der Waals surface area contributed by atoms with Gasteiger partial charge in [0.25, 0.3) is 0 Å². The minimum absolute atomic E-state index is 0.369. The van der Waals surface area contributed by atoms with Crippen LogP contribution in [0.15, 0.2) is 55.0 Å². The lowest BCUT2D eigenvalue weighted by Crippen LogP contribution is -2.52. The van der Waals surface area contributed by atoms with E-state index < -0.39 is 7.14 Å². The van der Waals surface area contributed by atoms with Crippen LogP contribution in [0, 0.1) is 0 Å². The van der Waals surface area contributed by atoms with E-state index in [2.05, 4.69) is 61.5 Å². The van der Waals surface area contributed by atoms with Crippen LogP contribution in [0.25, 0.3) is 5.69 Å². The van der Waals surface area contributed by atoms with E-state index in [1.165, 1.54) is 24.1 Å². The van der Waals surface area contributed by atoms with Gasteiger partial charge in [0.2, 0.25) is 5.95 Å². The van der Waals surface area contributed by atoms with Crippen LogP contribution in [0.4, 0.5) is 28.8 Å². The lowest BCUT2D eigenvalue weighted by atomic mass is 9.99. The molecule has 13 heteroatoms. The highest BCUT2D eigenvalue weighted by atomic mass is 31.2. The van der Waals surface area contributed by atoms with Gasteiger partial charge >= 0.3 is 0 Å². The molecule has 2 aromatic carbocycles. The number of aryl methyl sites for hydroxylation is 1. The minimum atomic E-state index is -2.68. The van der Waals surface area contributed by atoms with E-state index in [1.54, 1.807) is 37.5 Å². The van der Waals surface area contributed by atoms with Gasteiger partial charge in [0.05, 0.1) is 30.0 Å². The van der Waals surface area contributed by atoms with Crippen molar-refractivity contribution in [2.75, 3.05) is 82.3 Å². The summed E-state index contributed by atoms with van der Waals surface area (Å²) in [5.41, 5.74) is 5.10. The van der Waals surface area contributed by atoms with Crippen molar-refractivity contribution in [1.82, 2.24) is 29.5 Å². The van der Waals surface area contributed by atoms with Gasteiger partial charge in [-0.3, -0.25) is 10.4 Å². The summed E-state index contributed by atoms with van der Waals surface area (Å²) < 4.78 is 21.0. The van der Waals surface area contributed by atoms with Crippen LogP contribution in [0.5, 0.6) is 5.75 Å². The molecule has 0 saturated carbocycles. The number of piperazine rings is 1. The summed E-state index contributed by atoms with van der Waals surface area (Å²) in [5, 5.41) is 11.7. The Labute approximate surface area is 279 Å². The molecule has 0 atom stereocenters. The molecule has 2 N–H and O–H groups in total. The Morgan fingerprint density at radius 1 is 1.02 bits per heavy atom. The number of piperidine rings is 1.